The normalized spacial score (nSPS) is 14.0. The molecule has 0 unspecified atom stereocenters. The molecule has 3 rings (SSSR count). The van der Waals surface area contributed by atoms with E-state index in [0.717, 1.165) is 23.5 Å². The summed E-state index contributed by atoms with van der Waals surface area (Å²) in [6.45, 7) is 2.99. The van der Waals surface area contributed by atoms with E-state index >= 15 is 0 Å². The average molecular weight is 271 g/mol. The van der Waals surface area contributed by atoms with Crippen LogP contribution in [0, 0.1) is 12.7 Å². The average Bonchev–Trinajstić information content (AvgIpc) is 2.47. The molecule has 1 aromatic heterocycles. The Hall–Kier alpha value is -2.30. The van der Waals surface area contributed by atoms with E-state index in [1.54, 1.807) is 11.1 Å². The number of aromatic nitrogens is 2. The minimum atomic E-state index is -0.339. The van der Waals surface area contributed by atoms with Crippen molar-refractivity contribution in [2.75, 3.05) is 6.54 Å². The molecule has 2 aromatic rings. The molecule has 2 heterocycles. The smallest absolute Gasteiger partial charge is 0.254 e. The van der Waals surface area contributed by atoms with Gasteiger partial charge in [0.2, 0.25) is 0 Å². The Labute approximate surface area is 116 Å². The molecule has 1 aliphatic heterocycles. The highest BCUT2D eigenvalue weighted by Crippen LogP contribution is 2.18. The molecule has 20 heavy (non-hydrogen) atoms. The van der Waals surface area contributed by atoms with Gasteiger partial charge >= 0.3 is 0 Å². The van der Waals surface area contributed by atoms with Crippen LogP contribution in [0.15, 0.2) is 30.5 Å². The topological polar surface area (TPSA) is 46.1 Å². The third kappa shape index (κ3) is 2.39. The first-order chi connectivity index (χ1) is 9.63. The number of benzene rings is 1. The van der Waals surface area contributed by atoms with Gasteiger partial charge in [-0.25, -0.2) is 14.4 Å². The van der Waals surface area contributed by atoms with E-state index in [9.17, 15) is 9.18 Å². The second-order valence-electron chi connectivity index (χ2n) is 4.87. The maximum Gasteiger partial charge on any atom is 0.254 e. The van der Waals surface area contributed by atoms with Crippen LogP contribution in [0.4, 0.5) is 4.39 Å². The number of halogens is 1. The Balaban J connectivity index is 1.81. The lowest BCUT2D eigenvalue weighted by Crippen LogP contribution is -2.36. The van der Waals surface area contributed by atoms with E-state index < -0.39 is 0 Å². The predicted molar refractivity (Wildman–Crippen MR) is 71.6 cm³/mol. The van der Waals surface area contributed by atoms with Gasteiger partial charge in [-0.2, -0.15) is 0 Å². The number of carbonyl (C=O) groups excluding carboxylic acids is 1. The zero-order valence-electron chi connectivity index (χ0n) is 11.1. The molecule has 0 atom stereocenters. The maximum absolute atomic E-state index is 12.9. The van der Waals surface area contributed by atoms with Gasteiger partial charge in [-0.1, -0.05) is 0 Å². The van der Waals surface area contributed by atoms with Crippen molar-refractivity contribution >= 4 is 5.91 Å². The van der Waals surface area contributed by atoms with Crippen molar-refractivity contribution < 1.29 is 9.18 Å². The van der Waals surface area contributed by atoms with Gasteiger partial charge in [-0.3, -0.25) is 4.79 Å². The van der Waals surface area contributed by atoms with E-state index in [0.29, 0.717) is 18.7 Å². The first-order valence-corrected chi connectivity index (χ1v) is 6.50. The summed E-state index contributed by atoms with van der Waals surface area (Å²) < 4.78 is 12.9. The van der Waals surface area contributed by atoms with Crippen LogP contribution in [0.25, 0.3) is 0 Å². The summed E-state index contributed by atoms with van der Waals surface area (Å²) >= 11 is 0. The van der Waals surface area contributed by atoms with Crippen molar-refractivity contribution in [3.05, 3.63) is 58.9 Å². The molecule has 0 saturated heterocycles. The highest BCUT2D eigenvalue weighted by molar-refractivity contribution is 5.94. The van der Waals surface area contributed by atoms with Crippen LogP contribution < -0.4 is 0 Å². The molecule has 0 N–H and O–H groups in total. The van der Waals surface area contributed by atoms with Crippen LogP contribution in [-0.2, 0) is 13.0 Å². The van der Waals surface area contributed by atoms with Gasteiger partial charge in [0, 0.05) is 36.8 Å². The Kier molecular flexibility index (Phi) is 3.18. The number of hydrogen-bond acceptors (Lipinski definition) is 3. The minimum Gasteiger partial charge on any atom is -0.334 e. The molecule has 1 aliphatic rings. The molecule has 0 bridgehead atoms. The number of aryl methyl sites for hydroxylation is 1. The number of hydrogen-bond donors (Lipinski definition) is 0. The third-order valence-electron chi connectivity index (χ3n) is 3.43. The third-order valence-corrected chi connectivity index (χ3v) is 3.43. The van der Waals surface area contributed by atoms with Crippen LogP contribution in [0.5, 0.6) is 0 Å². The lowest BCUT2D eigenvalue weighted by molar-refractivity contribution is 0.0733. The maximum atomic E-state index is 12.9. The highest BCUT2D eigenvalue weighted by Gasteiger charge is 2.22. The summed E-state index contributed by atoms with van der Waals surface area (Å²) in [4.78, 5) is 22.7. The van der Waals surface area contributed by atoms with Crippen molar-refractivity contribution in [3.8, 4) is 0 Å². The predicted octanol–water partition coefficient (Wildman–Crippen LogP) is 2.12. The first kappa shape index (κ1) is 12.7. The molecule has 1 aromatic carbocycles. The monoisotopic (exact) mass is 271 g/mol. The van der Waals surface area contributed by atoms with Crippen LogP contribution in [0.1, 0.15) is 27.4 Å². The highest BCUT2D eigenvalue weighted by atomic mass is 19.1. The lowest BCUT2D eigenvalue weighted by Gasteiger charge is -2.28. The number of nitrogens with zero attached hydrogens (tertiary/aromatic N) is 3. The standard InChI is InChI=1S/C15H14FN3O/c1-10-17-8-12-9-19(7-6-14(12)18-10)15(20)11-2-4-13(16)5-3-11/h2-5,8H,6-7,9H2,1H3. The molecular weight excluding hydrogens is 257 g/mol. The molecule has 0 fully saturated rings. The zero-order valence-corrected chi connectivity index (χ0v) is 11.1. The van der Waals surface area contributed by atoms with Crippen LogP contribution in [0.2, 0.25) is 0 Å². The molecule has 0 aliphatic carbocycles. The number of rotatable bonds is 1. The van der Waals surface area contributed by atoms with E-state index in [2.05, 4.69) is 9.97 Å². The molecule has 4 nitrogen and oxygen atoms in total. The zero-order chi connectivity index (χ0) is 14.1. The molecule has 1 amide bonds. The SMILES string of the molecule is Cc1ncc2c(n1)CCN(C(=O)c1ccc(F)cc1)C2. The van der Waals surface area contributed by atoms with E-state index in [1.807, 2.05) is 6.92 Å². The van der Waals surface area contributed by atoms with Crippen LogP contribution in [-0.4, -0.2) is 27.3 Å². The number of fused-ring (bicyclic) bond motifs is 1. The fourth-order valence-electron chi connectivity index (χ4n) is 2.36. The number of carbonyl (C=O) groups is 1. The van der Waals surface area contributed by atoms with Crippen LogP contribution >= 0.6 is 0 Å². The van der Waals surface area contributed by atoms with Gasteiger partial charge in [-0.15, -0.1) is 0 Å². The molecule has 0 radical (unpaired) electrons. The van der Waals surface area contributed by atoms with Gasteiger partial charge in [0.25, 0.3) is 5.91 Å². The Morgan fingerprint density at radius 2 is 2.05 bits per heavy atom. The fraction of sp³-hybridized carbons (Fsp3) is 0.267. The van der Waals surface area contributed by atoms with E-state index in [4.69, 9.17) is 0 Å². The largest absolute Gasteiger partial charge is 0.334 e. The van der Waals surface area contributed by atoms with Gasteiger partial charge in [0.05, 0.1) is 5.69 Å². The molecular formula is C15H14FN3O. The quantitative estimate of drug-likeness (QED) is 0.798. The van der Waals surface area contributed by atoms with Gasteiger partial charge in [-0.05, 0) is 31.2 Å². The molecule has 0 spiro atoms. The lowest BCUT2D eigenvalue weighted by atomic mass is 10.1. The fourth-order valence-corrected chi connectivity index (χ4v) is 2.36. The Morgan fingerprint density at radius 3 is 2.80 bits per heavy atom. The van der Waals surface area contributed by atoms with Crippen molar-refractivity contribution in [1.82, 2.24) is 14.9 Å². The summed E-state index contributed by atoms with van der Waals surface area (Å²) in [7, 11) is 0. The first-order valence-electron chi connectivity index (χ1n) is 6.50. The van der Waals surface area contributed by atoms with Crippen molar-refractivity contribution in [3.63, 3.8) is 0 Å². The van der Waals surface area contributed by atoms with E-state index in [-0.39, 0.29) is 11.7 Å². The summed E-state index contributed by atoms with van der Waals surface area (Å²) in [6, 6.07) is 5.63. The molecule has 102 valence electrons. The Morgan fingerprint density at radius 1 is 1.30 bits per heavy atom. The second kappa shape index (κ2) is 5.00. The van der Waals surface area contributed by atoms with Crippen LogP contribution in [0.3, 0.4) is 0 Å². The summed E-state index contributed by atoms with van der Waals surface area (Å²) in [5, 5.41) is 0. The summed E-state index contributed by atoms with van der Waals surface area (Å²) in [5.74, 6) is 0.327. The van der Waals surface area contributed by atoms with Crippen molar-refractivity contribution in [2.45, 2.75) is 19.9 Å². The second-order valence-corrected chi connectivity index (χ2v) is 4.87. The van der Waals surface area contributed by atoms with Gasteiger partial charge < -0.3 is 4.90 Å². The van der Waals surface area contributed by atoms with Crippen molar-refractivity contribution in [2.24, 2.45) is 0 Å². The van der Waals surface area contributed by atoms with E-state index in [1.165, 1.54) is 24.3 Å². The minimum absolute atomic E-state index is 0.0868. The molecule has 5 heteroatoms. The number of amides is 1. The molecule has 0 saturated carbocycles. The van der Waals surface area contributed by atoms with Gasteiger partial charge in [0.15, 0.2) is 0 Å². The Bertz CT molecular complexity index is 655. The summed E-state index contributed by atoms with van der Waals surface area (Å²) in [5.41, 5.74) is 2.50. The summed E-state index contributed by atoms with van der Waals surface area (Å²) in [6.07, 6.45) is 2.51. The van der Waals surface area contributed by atoms with Gasteiger partial charge in [0.1, 0.15) is 11.6 Å². The van der Waals surface area contributed by atoms with Crippen molar-refractivity contribution in [1.29, 1.82) is 0 Å².